The van der Waals surface area contributed by atoms with Gasteiger partial charge < -0.3 is 5.73 Å². The molecule has 0 rings (SSSR count). The molecular formula is C8H16F3N. The van der Waals surface area contributed by atoms with Crippen molar-refractivity contribution in [1.29, 1.82) is 0 Å². The van der Waals surface area contributed by atoms with E-state index in [2.05, 4.69) is 0 Å². The first-order valence-corrected chi connectivity index (χ1v) is 4.03. The number of alkyl halides is 3. The molecule has 74 valence electrons. The van der Waals surface area contributed by atoms with Gasteiger partial charge in [0.1, 0.15) is 0 Å². The van der Waals surface area contributed by atoms with Gasteiger partial charge in [0.05, 0.1) is 6.42 Å². The molecule has 0 radical (unpaired) electrons. The average molecular weight is 183 g/mol. The molecule has 0 aromatic carbocycles. The Morgan fingerprint density at radius 3 is 1.83 bits per heavy atom. The van der Waals surface area contributed by atoms with Crippen LogP contribution < -0.4 is 5.73 Å². The lowest BCUT2D eigenvalue weighted by atomic mass is 9.78. The Bertz CT molecular complexity index is 142. The molecule has 2 N–H and O–H groups in total. The number of nitrogens with two attached hydrogens (primary N) is 1. The van der Waals surface area contributed by atoms with Crippen LogP contribution in [0.15, 0.2) is 0 Å². The van der Waals surface area contributed by atoms with Crippen LogP contribution in [0.1, 0.15) is 33.6 Å². The van der Waals surface area contributed by atoms with Crippen molar-refractivity contribution < 1.29 is 13.2 Å². The number of halogens is 3. The highest BCUT2D eigenvalue weighted by molar-refractivity contribution is 4.83. The average Bonchev–Trinajstić information content (AvgIpc) is 1.83. The summed E-state index contributed by atoms with van der Waals surface area (Å²) in [5.41, 5.74) is 4.67. The van der Waals surface area contributed by atoms with Crippen LogP contribution in [-0.2, 0) is 0 Å². The fraction of sp³-hybridized carbons (Fsp3) is 1.00. The second-order valence-corrected chi connectivity index (χ2v) is 3.59. The van der Waals surface area contributed by atoms with Gasteiger partial charge in [-0.25, -0.2) is 0 Å². The van der Waals surface area contributed by atoms with Crippen LogP contribution in [0.3, 0.4) is 0 Å². The Morgan fingerprint density at radius 1 is 1.33 bits per heavy atom. The van der Waals surface area contributed by atoms with E-state index in [9.17, 15) is 13.2 Å². The van der Waals surface area contributed by atoms with E-state index >= 15 is 0 Å². The van der Waals surface area contributed by atoms with Crippen LogP contribution in [-0.4, -0.2) is 12.2 Å². The van der Waals surface area contributed by atoms with Crippen molar-refractivity contribution in [2.75, 3.05) is 0 Å². The molecule has 12 heavy (non-hydrogen) atoms. The summed E-state index contributed by atoms with van der Waals surface area (Å²) in [6.07, 6.45) is -4.46. The highest BCUT2D eigenvalue weighted by Crippen LogP contribution is 2.37. The Kier molecular flexibility index (Phi) is 3.57. The van der Waals surface area contributed by atoms with Crippen LogP contribution in [0.4, 0.5) is 13.2 Å². The smallest absolute Gasteiger partial charge is 0.327 e. The molecule has 0 aliphatic heterocycles. The summed E-state index contributed by atoms with van der Waals surface area (Å²) >= 11 is 0. The van der Waals surface area contributed by atoms with Crippen molar-refractivity contribution in [2.24, 2.45) is 11.1 Å². The lowest BCUT2D eigenvalue weighted by molar-refractivity contribution is -0.159. The highest BCUT2D eigenvalue weighted by atomic mass is 19.4. The van der Waals surface area contributed by atoms with E-state index in [1.165, 1.54) is 0 Å². The van der Waals surface area contributed by atoms with Gasteiger partial charge in [0.15, 0.2) is 0 Å². The predicted molar refractivity (Wildman–Crippen MR) is 42.7 cm³/mol. The summed E-state index contributed by atoms with van der Waals surface area (Å²) in [6.45, 7) is 4.93. The lowest BCUT2D eigenvalue weighted by Crippen LogP contribution is -2.40. The van der Waals surface area contributed by atoms with Crippen LogP contribution in [0.2, 0.25) is 0 Å². The molecule has 0 amide bonds. The van der Waals surface area contributed by atoms with Gasteiger partial charge in [-0.1, -0.05) is 13.8 Å². The first-order chi connectivity index (χ1) is 5.21. The monoisotopic (exact) mass is 183 g/mol. The normalized spacial score (nSPS) is 20.2. The molecule has 1 unspecified atom stereocenters. The van der Waals surface area contributed by atoms with E-state index in [0.29, 0.717) is 6.42 Å². The van der Waals surface area contributed by atoms with Gasteiger partial charge in [-0.15, -0.1) is 0 Å². The summed E-state index contributed by atoms with van der Waals surface area (Å²) in [4.78, 5) is 0. The minimum atomic E-state index is -4.11. The van der Waals surface area contributed by atoms with Gasteiger partial charge in [0, 0.05) is 6.04 Å². The van der Waals surface area contributed by atoms with Crippen molar-refractivity contribution in [3.63, 3.8) is 0 Å². The van der Waals surface area contributed by atoms with Crippen LogP contribution in [0.25, 0.3) is 0 Å². The van der Waals surface area contributed by atoms with Crippen LogP contribution >= 0.6 is 0 Å². The summed E-state index contributed by atoms with van der Waals surface area (Å²) in [7, 11) is 0. The molecule has 0 aliphatic carbocycles. The third kappa shape index (κ3) is 3.43. The minimum Gasteiger partial charge on any atom is -0.327 e. The zero-order valence-electron chi connectivity index (χ0n) is 7.70. The predicted octanol–water partition coefficient (Wildman–Crippen LogP) is 2.70. The largest absolute Gasteiger partial charge is 0.389 e. The first-order valence-electron chi connectivity index (χ1n) is 4.03. The van der Waals surface area contributed by atoms with E-state index < -0.39 is 24.1 Å². The molecule has 0 spiro atoms. The van der Waals surface area contributed by atoms with Crippen LogP contribution in [0, 0.1) is 5.41 Å². The highest BCUT2D eigenvalue weighted by Gasteiger charge is 2.40. The van der Waals surface area contributed by atoms with E-state index in [1.54, 1.807) is 20.8 Å². The maximum atomic E-state index is 12.0. The molecule has 0 heterocycles. The van der Waals surface area contributed by atoms with Crippen molar-refractivity contribution >= 4 is 0 Å². The maximum absolute atomic E-state index is 12.0. The lowest BCUT2D eigenvalue weighted by Gasteiger charge is -2.33. The van der Waals surface area contributed by atoms with Gasteiger partial charge in [0.2, 0.25) is 0 Å². The number of rotatable bonds is 3. The van der Waals surface area contributed by atoms with Gasteiger partial charge in [-0.05, 0) is 18.8 Å². The van der Waals surface area contributed by atoms with Gasteiger partial charge >= 0.3 is 6.18 Å². The van der Waals surface area contributed by atoms with Crippen LogP contribution in [0.5, 0.6) is 0 Å². The zero-order valence-corrected chi connectivity index (χ0v) is 7.70. The summed E-state index contributed by atoms with van der Waals surface area (Å²) in [5, 5.41) is 0. The quantitative estimate of drug-likeness (QED) is 0.715. The number of hydrogen-bond donors (Lipinski definition) is 1. The van der Waals surface area contributed by atoms with Gasteiger partial charge in [-0.2, -0.15) is 13.2 Å². The molecule has 0 saturated carbocycles. The van der Waals surface area contributed by atoms with Crippen molar-refractivity contribution in [2.45, 2.75) is 45.8 Å². The fourth-order valence-corrected chi connectivity index (χ4v) is 1.07. The standard InChI is InChI=1S/C8H16F3N/c1-4-7(3,6(2)12)5-8(9,10)11/h6H,4-5,12H2,1-3H3/t6?,7-/m0/s1. The minimum absolute atomic E-state index is 0.427. The second-order valence-electron chi connectivity index (χ2n) is 3.59. The molecule has 0 bridgehead atoms. The Hall–Kier alpha value is -0.250. The summed E-state index contributed by atoms with van der Waals surface area (Å²) in [6, 6.07) is -0.427. The third-order valence-electron chi connectivity index (χ3n) is 2.51. The van der Waals surface area contributed by atoms with Gasteiger partial charge in [0.25, 0.3) is 0 Å². The molecule has 1 nitrogen and oxygen atoms in total. The van der Waals surface area contributed by atoms with Crippen molar-refractivity contribution in [1.82, 2.24) is 0 Å². The zero-order chi connectivity index (χ0) is 9.99. The van der Waals surface area contributed by atoms with Gasteiger partial charge in [-0.3, -0.25) is 0 Å². The SMILES string of the molecule is CC[C@@](C)(CC(F)(F)F)C(C)N. The Morgan fingerprint density at radius 2 is 1.75 bits per heavy atom. The summed E-state index contributed by atoms with van der Waals surface area (Å²) < 4.78 is 36.1. The van der Waals surface area contributed by atoms with E-state index in [1.807, 2.05) is 0 Å². The molecule has 0 aromatic heterocycles. The van der Waals surface area contributed by atoms with Crippen molar-refractivity contribution in [3.8, 4) is 0 Å². The van der Waals surface area contributed by atoms with E-state index in [0.717, 1.165) is 0 Å². The molecule has 0 aliphatic rings. The Labute approximate surface area is 71.1 Å². The Balaban J connectivity index is 4.35. The maximum Gasteiger partial charge on any atom is 0.389 e. The van der Waals surface area contributed by atoms with E-state index in [4.69, 9.17) is 5.73 Å². The molecular weight excluding hydrogens is 167 g/mol. The summed E-state index contributed by atoms with van der Waals surface area (Å²) in [5.74, 6) is 0. The molecule has 2 atom stereocenters. The molecule has 0 fully saturated rings. The molecule has 0 aromatic rings. The molecule has 4 heteroatoms. The topological polar surface area (TPSA) is 26.0 Å². The van der Waals surface area contributed by atoms with E-state index in [-0.39, 0.29) is 0 Å². The van der Waals surface area contributed by atoms with Crippen molar-refractivity contribution in [3.05, 3.63) is 0 Å². The third-order valence-corrected chi connectivity index (χ3v) is 2.51. The molecule has 0 saturated heterocycles. The first kappa shape index (κ1) is 11.8. The second kappa shape index (κ2) is 3.64. The number of hydrogen-bond acceptors (Lipinski definition) is 1. The fourth-order valence-electron chi connectivity index (χ4n) is 1.07.